The second-order valence-electron chi connectivity index (χ2n) is 4.70. The third-order valence-corrected chi connectivity index (χ3v) is 4.43. The minimum absolute atomic E-state index is 0.751. The summed E-state index contributed by atoms with van der Waals surface area (Å²) in [5.41, 5.74) is 7.87. The van der Waals surface area contributed by atoms with Crippen molar-refractivity contribution in [2.75, 3.05) is 36.9 Å². The van der Waals surface area contributed by atoms with Gasteiger partial charge in [-0.05, 0) is 28.9 Å². The van der Waals surface area contributed by atoms with Crippen molar-refractivity contribution in [3.05, 3.63) is 28.4 Å². The Labute approximate surface area is 120 Å². The van der Waals surface area contributed by atoms with Gasteiger partial charge in [0.15, 0.2) is 0 Å². The molecule has 0 aliphatic carbocycles. The highest BCUT2D eigenvalue weighted by Crippen LogP contribution is 2.36. The Hall–Kier alpha value is -1.33. The fraction of sp³-hybridized carbons (Fsp3) is 0.357. The third kappa shape index (κ3) is 2.17. The molecule has 1 aromatic carbocycles. The highest BCUT2D eigenvalue weighted by atomic mass is 79.9. The number of ether oxygens (including phenoxy) is 1. The lowest BCUT2D eigenvalue weighted by molar-refractivity contribution is 0.122. The van der Waals surface area contributed by atoms with Gasteiger partial charge in [-0.3, -0.25) is 0 Å². The van der Waals surface area contributed by atoms with Gasteiger partial charge in [-0.2, -0.15) is 0 Å². The van der Waals surface area contributed by atoms with Crippen molar-refractivity contribution in [2.45, 2.75) is 6.92 Å². The summed E-state index contributed by atoms with van der Waals surface area (Å²) < 4.78 is 6.39. The van der Waals surface area contributed by atoms with E-state index in [2.05, 4.69) is 26.9 Å². The molecule has 1 aromatic heterocycles. The van der Waals surface area contributed by atoms with Gasteiger partial charge in [0.25, 0.3) is 0 Å². The van der Waals surface area contributed by atoms with Crippen LogP contribution in [0.4, 0.5) is 11.5 Å². The summed E-state index contributed by atoms with van der Waals surface area (Å²) in [6, 6.07) is 5.98. The largest absolute Gasteiger partial charge is 0.398 e. The van der Waals surface area contributed by atoms with Crippen molar-refractivity contribution < 1.29 is 4.74 Å². The van der Waals surface area contributed by atoms with Gasteiger partial charge in [-0.25, -0.2) is 4.98 Å². The number of fused-ring (bicyclic) bond motifs is 1. The SMILES string of the molecule is Cc1nc(N2CCOCC2)c2cccc(N)c2c1Br. The summed E-state index contributed by atoms with van der Waals surface area (Å²) in [6.07, 6.45) is 0. The van der Waals surface area contributed by atoms with Gasteiger partial charge >= 0.3 is 0 Å². The summed E-state index contributed by atoms with van der Waals surface area (Å²) in [6.45, 7) is 5.25. The zero-order valence-electron chi connectivity index (χ0n) is 10.8. The van der Waals surface area contributed by atoms with E-state index in [0.717, 1.165) is 58.7 Å². The maximum Gasteiger partial charge on any atom is 0.137 e. The van der Waals surface area contributed by atoms with Crippen LogP contribution in [0, 0.1) is 6.92 Å². The van der Waals surface area contributed by atoms with E-state index in [1.165, 1.54) is 0 Å². The van der Waals surface area contributed by atoms with Gasteiger partial charge in [0, 0.05) is 34.0 Å². The van der Waals surface area contributed by atoms with Crippen LogP contribution in [0.3, 0.4) is 0 Å². The Morgan fingerprint density at radius 3 is 2.79 bits per heavy atom. The molecule has 4 nitrogen and oxygen atoms in total. The van der Waals surface area contributed by atoms with Gasteiger partial charge in [0.2, 0.25) is 0 Å². The fourth-order valence-electron chi connectivity index (χ4n) is 2.47. The predicted molar refractivity (Wildman–Crippen MR) is 81.6 cm³/mol. The van der Waals surface area contributed by atoms with E-state index < -0.39 is 0 Å². The normalized spacial score (nSPS) is 16.0. The lowest BCUT2D eigenvalue weighted by Crippen LogP contribution is -2.37. The van der Waals surface area contributed by atoms with E-state index in [-0.39, 0.29) is 0 Å². The van der Waals surface area contributed by atoms with Gasteiger partial charge in [-0.15, -0.1) is 0 Å². The summed E-state index contributed by atoms with van der Waals surface area (Å²) in [7, 11) is 0. The minimum Gasteiger partial charge on any atom is -0.398 e. The molecule has 2 N–H and O–H groups in total. The smallest absolute Gasteiger partial charge is 0.137 e. The van der Waals surface area contributed by atoms with E-state index in [0.29, 0.717) is 0 Å². The Morgan fingerprint density at radius 2 is 2.05 bits per heavy atom. The molecule has 5 heteroatoms. The molecular formula is C14H16BrN3O. The van der Waals surface area contributed by atoms with Crippen molar-refractivity contribution in [1.82, 2.24) is 4.98 Å². The van der Waals surface area contributed by atoms with Gasteiger partial charge in [0.1, 0.15) is 5.82 Å². The van der Waals surface area contributed by atoms with Crippen LogP contribution in [0.25, 0.3) is 10.8 Å². The Bertz CT molecular complexity index is 624. The standard InChI is InChI=1S/C14H16BrN3O/c1-9-13(15)12-10(3-2-4-11(12)16)14(17-9)18-5-7-19-8-6-18/h2-4H,5-8,16H2,1H3. The van der Waals surface area contributed by atoms with Crippen LogP contribution in [-0.2, 0) is 4.74 Å². The van der Waals surface area contributed by atoms with E-state index in [1.807, 2.05) is 19.1 Å². The lowest BCUT2D eigenvalue weighted by atomic mass is 10.1. The summed E-state index contributed by atoms with van der Waals surface area (Å²) >= 11 is 3.60. The first-order valence-electron chi connectivity index (χ1n) is 6.35. The number of hydrogen-bond acceptors (Lipinski definition) is 4. The topological polar surface area (TPSA) is 51.4 Å². The molecule has 100 valence electrons. The van der Waals surface area contributed by atoms with Crippen LogP contribution in [-0.4, -0.2) is 31.3 Å². The maximum atomic E-state index is 6.12. The van der Waals surface area contributed by atoms with Crippen LogP contribution < -0.4 is 10.6 Å². The number of morpholine rings is 1. The molecule has 0 bridgehead atoms. The van der Waals surface area contributed by atoms with Crippen LogP contribution in [0.15, 0.2) is 22.7 Å². The maximum absolute atomic E-state index is 6.12. The molecule has 0 radical (unpaired) electrons. The first kappa shape index (κ1) is 12.7. The molecule has 0 spiro atoms. The number of nitrogens with two attached hydrogens (primary N) is 1. The zero-order chi connectivity index (χ0) is 13.4. The molecule has 2 aromatic rings. The number of rotatable bonds is 1. The van der Waals surface area contributed by atoms with E-state index >= 15 is 0 Å². The number of benzene rings is 1. The van der Waals surface area contributed by atoms with Crippen LogP contribution >= 0.6 is 15.9 Å². The van der Waals surface area contributed by atoms with Gasteiger partial charge < -0.3 is 15.4 Å². The first-order valence-corrected chi connectivity index (χ1v) is 7.15. The van der Waals surface area contributed by atoms with Crippen LogP contribution in [0.2, 0.25) is 0 Å². The molecule has 0 amide bonds. The zero-order valence-corrected chi connectivity index (χ0v) is 12.4. The van der Waals surface area contributed by atoms with Crippen molar-refractivity contribution >= 4 is 38.2 Å². The quantitative estimate of drug-likeness (QED) is 0.820. The number of aromatic nitrogens is 1. The third-order valence-electron chi connectivity index (χ3n) is 3.46. The molecule has 0 saturated carbocycles. The average Bonchev–Trinajstić information content (AvgIpc) is 2.43. The molecule has 1 aliphatic rings. The highest BCUT2D eigenvalue weighted by Gasteiger charge is 2.18. The molecule has 1 aliphatic heterocycles. The number of aryl methyl sites for hydroxylation is 1. The van der Waals surface area contributed by atoms with Crippen LogP contribution in [0.1, 0.15) is 5.69 Å². The molecule has 0 unspecified atom stereocenters. The first-order chi connectivity index (χ1) is 9.18. The second kappa shape index (κ2) is 4.98. The predicted octanol–water partition coefficient (Wildman–Crippen LogP) is 2.72. The Morgan fingerprint density at radius 1 is 1.32 bits per heavy atom. The molecule has 0 atom stereocenters. The molecular weight excluding hydrogens is 306 g/mol. The van der Waals surface area contributed by atoms with Crippen molar-refractivity contribution in [3.63, 3.8) is 0 Å². The molecule has 1 saturated heterocycles. The molecule has 3 rings (SSSR count). The van der Waals surface area contributed by atoms with E-state index in [1.54, 1.807) is 0 Å². The van der Waals surface area contributed by atoms with E-state index in [4.69, 9.17) is 15.5 Å². The fourth-order valence-corrected chi connectivity index (χ4v) is 3.00. The highest BCUT2D eigenvalue weighted by molar-refractivity contribution is 9.10. The number of nitrogen functional groups attached to an aromatic ring is 1. The van der Waals surface area contributed by atoms with Crippen molar-refractivity contribution in [3.8, 4) is 0 Å². The molecule has 19 heavy (non-hydrogen) atoms. The lowest BCUT2D eigenvalue weighted by Gasteiger charge is -2.29. The van der Waals surface area contributed by atoms with Gasteiger partial charge in [0.05, 0.1) is 18.9 Å². The number of nitrogens with zero attached hydrogens (tertiary/aromatic N) is 2. The molecule has 2 heterocycles. The number of hydrogen-bond donors (Lipinski definition) is 1. The number of pyridine rings is 1. The monoisotopic (exact) mass is 321 g/mol. The van der Waals surface area contributed by atoms with Crippen molar-refractivity contribution in [2.24, 2.45) is 0 Å². The van der Waals surface area contributed by atoms with Crippen LogP contribution in [0.5, 0.6) is 0 Å². The second-order valence-corrected chi connectivity index (χ2v) is 5.50. The van der Waals surface area contributed by atoms with Crippen molar-refractivity contribution in [1.29, 1.82) is 0 Å². The Balaban J connectivity index is 2.24. The van der Waals surface area contributed by atoms with E-state index in [9.17, 15) is 0 Å². The Kier molecular flexibility index (Phi) is 3.33. The summed E-state index contributed by atoms with van der Waals surface area (Å²) in [4.78, 5) is 7.00. The molecule has 1 fully saturated rings. The minimum atomic E-state index is 0.751. The number of halogens is 1. The summed E-state index contributed by atoms with van der Waals surface area (Å²) in [5.74, 6) is 1.01. The van der Waals surface area contributed by atoms with Gasteiger partial charge in [-0.1, -0.05) is 12.1 Å². The average molecular weight is 322 g/mol. The summed E-state index contributed by atoms with van der Waals surface area (Å²) in [5, 5.41) is 2.15. The number of anilines is 2.